The lowest BCUT2D eigenvalue weighted by Crippen LogP contribution is -2.22. The number of para-hydroxylation sites is 1. The molecule has 0 atom stereocenters. The molecule has 0 saturated heterocycles. The van der Waals surface area contributed by atoms with Crippen molar-refractivity contribution in [1.82, 2.24) is 0 Å². The van der Waals surface area contributed by atoms with Crippen LogP contribution in [-0.2, 0) is 6.54 Å². The number of nitrogens with one attached hydrogen (secondary N) is 1. The molecule has 0 radical (unpaired) electrons. The second-order valence-corrected chi connectivity index (χ2v) is 5.04. The van der Waals surface area contributed by atoms with Crippen LogP contribution in [0.3, 0.4) is 0 Å². The van der Waals surface area contributed by atoms with Crippen molar-refractivity contribution < 1.29 is 4.74 Å². The first-order chi connectivity index (χ1) is 10.8. The first-order valence-electron chi connectivity index (χ1n) is 7.61. The van der Waals surface area contributed by atoms with Gasteiger partial charge < -0.3 is 15.8 Å². The second kappa shape index (κ2) is 10.9. The summed E-state index contributed by atoms with van der Waals surface area (Å²) < 4.78 is 5.69. The molecule has 5 heteroatoms. The highest BCUT2D eigenvalue weighted by molar-refractivity contribution is 14.0. The SMILES string of the molecule is CCCCOc1cccc(CN=C(N)Nc2ccccc2)c1.I. The number of hydrogen-bond acceptors (Lipinski definition) is 2. The topological polar surface area (TPSA) is 59.6 Å². The van der Waals surface area contributed by atoms with Crippen molar-refractivity contribution in [3.8, 4) is 5.75 Å². The molecule has 0 aliphatic rings. The third-order valence-corrected chi connectivity index (χ3v) is 3.14. The smallest absolute Gasteiger partial charge is 0.193 e. The highest BCUT2D eigenvalue weighted by Gasteiger charge is 1.98. The van der Waals surface area contributed by atoms with Gasteiger partial charge in [-0.25, -0.2) is 4.99 Å². The molecule has 0 amide bonds. The first-order valence-corrected chi connectivity index (χ1v) is 7.61. The molecule has 0 bridgehead atoms. The van der Waals surface area contributed by atoms with Gasteiger partial charge in [0.1, 0.15) is 5.75 Å². The van der Waals surface area contributed by atoms with Crippen LogP contribution in [0.15, 0.2) is 59.6 Å². The van der Waals surface area contributed by atoms with Crippen molar-refractivity contribution in [1.29, 1.82) is 0 Å². The number of rotatable bonds is 7. The quantitative estimate of drug-likeness (QED) is 0.299. The monoisotopic (exact) mass is 425 g/mol. The van der Waals surface area contributed by atoms with E-state index in [1.807, 2.05) is 54.6 Å². The number of nitrogens with zero attached hydrogens (tertiary/aromatic N) is 1. The zero-order chi connectivity index (χ0) is 15.6. The van der Waals surface area contributed by atoms with Crippen molar-refractivity contribution in [2.45, 2.75) is 26.3 Å². The van der Waals surface area contributed by atoms with Crippen LogP contribution in [0.1, 0.15) is 25.3 Å². The molecule has 0 saturated carbocycles. The summed E-state index contributed by atoms with van der Waals surface area (Å²) in [5, 5.41) is 3.07. The second-order valence-electron chi connectivity index (χ2n) is 5.04. The summed E-state index contributed by atoms with van der Waals surface area (Å²) in [5.74, 6) is 1.29. The number of hydrogen-bond donors (Lipinski definition) is 2. The third-order valence-electron chi connectivity index (χ3n) is 3.14. The maximum atomic E-state index is 5.90. The number of nitrogens with two attached hydrogens (primary N) is 1. The maximum absolute atomic E-state index is 5.90. The van der Waals surface area contributed by atoms with E-state index in [2.05, 4.69) is 17.2 Å². The van der Waals surface area contributed by atoms with E-state index in [0.29, 0.717) is 12.5 Å². The first kappa shape index (κ1) is 19.3. The average Bonchev–Trinajstić information content (AvgIpc) is 2.55. The van der Waals surface area contributed by atoms with E-state index in [9.17, 15) is 0 Å². The van der Waals surface area contributed by atoms with Gasteiger partial charge in [0.2, 0.25) is 0 Å². The maximum Gasteiger partial charge on any atom is 0.193 e. The van der Waals surface area contributed by atoms with Gasteiger partial charge in [0, 0.05) is 5.69 Å². The molecule has 4 nitrogen and oxygen atoms in total. The molecule has 124 valence electrons. The molecule has 3 N–H and O–H groups in total. The van der Waals surface area contributed by atoms with E-state index in [-0.39, 0.29) is 24.0 Å². The van der Waals surface area contributed by atoms with Crippen molar-refractivity contribution in [2.75, 3.05) is 11.9 Å². The Hall–Kier alpha value is -1.76. The molecular formula is C18H24IN3O. The van der Waals surface area contributed by atoms with Crippen molar-refractivity contribution in [3.63, 3.8) is 0 Å². The number of halogens is 1. The van der Waals surface area contributed by atoms with Crippen LogP contribution < -0.4 is 15.8 Å². The molecule has 0 fully saturated rings. The lowest BCUT2D eigenvalue weighted by Gasteiger charge is -2.07. The average molecular weight is 425 g/mol. The summed E-state index contributed by atoms with van der Waals surface area (Å²) in [6, 6.07) is 17.7. The predicted octanol–water partition coefficient (Wildman–Crippen LogP) is 4.41. The fourth-order valence-electron chi connectivity index (χ4n) is 1.95. The van der Waals surface area contributed by atoms with Crippen molar-refractivity contribution in [2.24, 2.45) is 10.7 Å². The van der Waals surface area contributed by atoms with E-state index >= 15 is 0 Å². The Morgan fingerprint density at radius 3 is 2.65 bits per heavy atom. The van der Waals surface area contributed by atoms with E-state index in [1.54, 1.807) is 0 Å². The van der Waals surface area contributed by atoms with Crippen molar-refractivity contribution in [3.05, 3.63) is 60.2 Å². The number of unbranched alkanes of at least 4 members (excludes halogenated alkanes) is 1. The molecular weight excluding hydrogens is 401 g/mol. The molecule has 2 aromatic rings. The van der Waals surface area contributed by atoms with Gasteiger partial charge in [-0.1, -0.05) is 43.7 Å². The molecule has 0 unspecified atom stereocenters. The minimum Gasteiger partial charge on any atom is -0.494 e. The van der Waals surface area contributed by atoms with Gasteiger partial charge in [-0.2, -0.15) is 0 Å². The summed E-state index contributed by atoms with van der Waals surface area (Å²) in [4.78, 5) is 4.36. The summed E-state index contributed by atoms with van der Waals surface area (Å²) in [6.45, 7) is 3.43. The van der Waals surface area contributed by atoms with Gasteiger partial charge >= 0.3 is 0 Å². The summed E-state index contributed by atoms with van der Waals surface area (Å²) in [6.07, 6.45) is 2.20. The number of anilines is 1. The zero-order valence-corrected chi connectivity index (χ0v) is 15.7. The van der Waals surface area contributed by atoms with E-state index in [1.165, 1.54) is 0 Å². The van der Waals surface area contributed by atoms with Gasteiger partial charge in [-0.3, -0.25) is 0 Å². The lowest BCUT2D eigenvalue weighted by molar-refractivity contribution is 0.309. The third kappa shape index (κ3) is 7.36. The highest BCUT2D eigenvalue weighted by atomic mass is 127. The molecule has 0 heterocycles. The van der Waals surface area contributed by atoms with Gasteiger partial charge in [0.15, 0.2) is 5.96 Å². The highest BCUT2D eigenvalue weighted by Crippen LogP contribution is 2.14. The van der Waals surface area contributed by atoms with Gasteiger partial charge in [0.25, 0.3) is 0 Å². The Labute approximate surface area is 155 Å². The van der Waals surface area contributed by atoms with Gasteiger partial charge in [-0.05, 0) is 36.2 Å². The fraction of sp³-hybridized carbons (Fsp3) is 0.278. The van der Waals surface area contributed by atoms with Crippen LogP contribution >= 0.6 is 24.0 Å². The largest absolute Gasteiger partial charge is 0.494 e. The molecule has 0 aromatic heterocycles. The predicted molar refractivity (Wildman–Crippen MR) is 108 cm³/mol. The van der Waals surface area contributed by atoms with Crippen LogP contribution in [-0.4, -0.2) is 12.6 Å². The molecule has 0 aliphatic heterocycles. The minimum absolute atomic E-state index is 0. The Morgan fingerprint density at radius 2 is 1.91 bits per heavy atom. The number of guanidine groups is 1. The summed E-state index contributed by atoms with van der Waals surface area (Å²) in [5.41, 5.74) is 7.90. The van der Waals surface area contributed by atoms with Crippen LogP contribution in [0, 0.1) is 0 Å². The van der Waals surface area contributed by atoms with Crippen molar-refractivity contribution >= 4 is 35.6 Å². The lowest BCUT2D eigenvalue weighted by atomic mass is 10.2. The standard InChI is InChI=1S/C18H23N3O.HI/c1-2-3-12-22-17-11-7-8-15(13-17)14-20-18(19)21-16-9-5-4-6-10-16;/h4-11,13H,2-3,12,14H2,1H3,(H3,19,20,21);1H. The molecule has 2 rings (SSSR count). The van der Waals surface area contributed by atoms with Gasteiger partial charge in [-0.15, -0.1) is 24.0 Å². The summed E-state index contributed by atoms with van der Waals surface area (Å²) in [7, 11) is 0. The van der Waals surface area contributed by atoms with Crippen LogP contribution in [0.2, 0.25) is 0 Å². The Morgan fingerprint density at radius 1 is 1.13 bits per heavy atom. The van der Waals surface area contributed by atoms with E-state index < -0.39 is 0 Å². The number of ether oxygens (including phenoxy) is 1. The van der Waals surface area contributed by atoms with Gasteiger partial charge in [0.05, 0.1) is 13.2 Å². The number of benzene rings is 2. The van der Waals surface area contributed by atoms with Crippen LogP contribution in [0.4, 0.5) is 5.69 Å². The molecule has 23 heavy (non-hydrogen) atoms. The zero-order valence-electron chi connectivity index (χ0n) is 13.4. The number of aliphatic imine (C=N–C) groups is 1. The van der Waals surface area contributed by atoms with Crippen LogP contribution in [0.5, 0.6) is 5.75 Å². The van der Waals surface area contributed by atoms with E-state index in [0.717, 1.165) is 36.4 Å². The molecule has 0 aliphatic carbocycles. The minimum atomic E-state index is 0. The molecule has 2 aromatic carbocycles. The van der Waals surface area contributed by atoms with Crippen LogP contribution in [0.25, 0.3) is 0 Å². The Bertz CT molecular complexity index is 602. The summed E-state index contributed by atoms with van der Waals surface area (Å²) >= 11 is 0. The fourth-order valence-corrected chi connectivity index (χ4v) is 1.95. The Balaban J connectivity index is 0.00000264. The Kier molecular flexibility index (Phi) is 9.12. The normalized spacial score (nSPS) is 10.7. The molecule has 0 spiro atoms. The van der Waals surface area contributed by atoms with E-state index in [4.69, 9.17) is 10.5 Å².